The van der Waals surface area contributed by atoms with E-state index in [-0.39, 0.29) is 191 Å². The Hall–Kier alpha value is -4.88. The molecule has 0 aliphatic heterocycles. The van der Waals surface area contributed by atoms with Gasteiger partial charge in [-0.3, -0.25) is 0 Å². The molecule has 1 aliphatic rings. The molecule has 4 aromatic carbocycles. The molecule has 56 heavy (non-hydrogen) atoms. The number of aliphatic hydroxyl groups is 4. The fourth-order valence-electron chi connectivity index (χ4n) is 8.62. The molecule has 5 rings (SSSR count). The van der Waals surface area contributed by atoms with Crippen LogP contribution in [0.1, 0.15) is 142 Å². The SMILES string of the molecule is Cc1c(O)c2cc(c1O)C(CCCO)c1cc(c(O)c(C)c1O)C(CCCO)c1cc(c(O)c(C)c1O)C(CCCO)c1cc(c(O)c(C)c1O)C2CCCO. The summed E-state index contributed by atoms with van der Waals surface area (Å²) in [5.41, 5.74) is 2.68. The summed E-state index contributed by atoms with van der Waals surface area (Å²) >= 11 is 0. The maximum atomic E-state index is 11.8. The topological polar surface area (TPSA) is 243 Å². The van der Waals surface area contributed by atoms with Crippen LogP contribution < -0.4 is 0 Å². The van der Waals surface area contributed by atoms with Gasteiger partial charge in [0.05, 0.1) is 0 Å². The Morgan fingerprint density at radius 1 is 0.304 bits per heavy atom. The lowest BCUT2D eigenvalue weighted by Gasteiger charge is -2.31. The van der Waals surface area contributed by atoms with E-state index in [1.54, 1.807) is 24.3 Å². The first-order valence-corrected chi connectivity index (χ1v) is 19.3. The molecule has 0 atom stereocenters. The number of benzene rings is 4. The highest BCUT2D eigenvalue weighted by atomic mass is 16.3. The lowest BCUT2D eigenvalue weighted by molar-refractivity contribution is 0.280. The van der Waals surface area contributed by atoms with Gasteiger partial charge in [-0.15, -0.1) is 0 Å². The zero-order valence-corrected chi connectivity index (χ0v) is 32.5. The summed E-state index contributed by atoms with van der Waals surface area (Å²) in [4.78, 5) is 0. The van der Waals surface area contributed by atoms with Gasteiger partial charge >= 0.3 is 0 Å². The molecule has 12 heteroatoms. The molecule has 1 aliphatic carbocycles. The van der Waals surface area contributed by atoms with Crippen LogP contribution in [0.5, 0.6) is 46.0 Å². The molecule has 0 unspecified atom stereocenters. The fourth-order valence-corrected chi connectivity index (χ4v) is 8.62. The molecule has 0 saturated heterocycles. The highest BCUT2D eigenvalue weighted by molar-refractivity contribution is 5.67. The quantitative estimate of drug-likeness (QED) is 0.0738. The van der Waals surface area contributed by atoms with Crippen molar-refractivity contribution < 1.29 is 61.3 Å². The van der Waals surface area contributed by atoms with E-state index >= 15 is 0 Å². The first kappa shape index (κ1) is 42.3. The summed E-state index contributed by atoms with van der Waals surface area (Å²) in [6.45, 7) is 5.20. The van der Waals surface area contributed by atoms with Crippen LogP contribution in [0.3, 0.4) is 0 Å². The highest BCUT2D eigenvalue weighted by Gasteiger charge is 2.35. The summed E-state index contributed by atoms with van der Waals surface area (Å²) in [7, 11) is 0. The molecule has 0 spiro atoms. The highest BCUT2D eigenvalue weighted by Crippen LogP contribution is 2.55. The van der Waals surface area contributed by atoms with Crippen molar-refractivity contribution in [2.24, 2.45) is 0 Å². The van der Waals surface area contributed by atoms with Crippen molar-refractivity contribution in [3.8, 4) is 46.0 Å². The van der Waals surface area contributed by atoms with Crippen molar-refractivity contribution in [2.45, 2.75) is 103 Å². The van der Waals surface area contributed by atoms with Gasteiger partial charge in [-0.1, -0.05) is 0 Å². The molecule has 12 N–H and O–H groups in total. The molecule has 0 heterocycles. The normalized spacial score (nSPS) is 18.0. The summed E-state index contributed by atoms with van der Waals surface area (Å²) in [6.07, 6.45) is 1.70. The lowest BCUT2D eigenvalue weighted by Crippen LogP contribution is -2.13. The molecule has 0 amide bonds. The summed E-state index contributed by atoms with van der Waals surface area (Å²) in [6, 6.07) is 6.36. The predicted octanol–water partition coefficient (Wildman–Crippen LogP) is 6.50. The molecular formula is C44H56O12. The summed E-state index contributed by atoms with van der Waals surface area (Å²) < 4.78 is 0. The average molecular weight is 777 g/mol. The van der Waals surface area contributed by atoms with Crippen LogP contribution in [0.4, 0.5) is 0 Å². The Bertz CT molecular complexity index is 1670. The van der Waals surface area contributed by atoms with Crippen LogP contribution in [-0.2, 0) is 0 Å². The van der Waals surface area contributed by atoms with Gasteiger partial charge in [0.15, 0.2) is 0 Å². The minimum atomic E-state index is -0.831. The van der Waals surface area contributed by atoms with Gasteiger partial charge in [0, 0.05) is 117 Å². The Kier molecular flexibility index (Phi) is 13.2. The second-order valence-electron chi connectivity index (χ2n) is 15.2. The molecule has 304 valence electrons. The zero-order valence-electron chi connectivity index (χ0n) is 32.5. The Balaban J connectivity index is 2.06. The average Bonchev–Trinajstić information content (AvgIpc) is 3.18. The predicted molar refractivity (Wildman–Crippen MR) is 211 cm³/mol. The maximum Gasteiger partial charge on any atom is 0.126 e. The van der Waals surface area contributed by atoms with Gasteiger partial charge in [0.25, 0.3) is 0 Å². The molecule has 4 aromatic rings. The molecule has 0 radical (unpaired) electrons. The van der Waals surface area contributed by atoms with Gasteiger partial charge in [0.1, 0.15) is 46.0 Å². The monoisotopic (exact) mass is 776 g/mol. The van der Waals surface area contributed by atoms with Gasteiger partial charge in [-0.25, -0.2) is 0 Å². The molecule has 0 saturated carbocycles. The number of fused-ring (bicyclic) bond motifs is 8. The van der Waals surface area contributed by atoms with Crippen LogP contribution in [0, 0.1) is 27.7 Å². The third kappa shape index (κ3) is 7.50. The summed E-state index contributed by atoms with van der Waals surface area (Å²) in [5.74, 6) is -5.49. The van der Waals surface area contributed by atoms with E-state index in [4.69, 9.17) is 0 Å². The van der Waals surface area contributed by atoms with E-state index in [2.05, 4.69) is 0 Å². The van der Waals surface area contributed by atoms with E-state index in [1.807, 2.05) is 0 Å². The Morgan fingerprint density at radius 2 is 0.446 bits per heavy atom. The molecule has 8 bridgehead atoms. The smallest absolute Gasteiger partial charge is 0.126 e. The molecule has 0 fully saturated rings. The number of hydrogen-bond acceptors (Lipinski definition) is 12. The fraction of sp³-hybridized carbons (Fsp3) is 0.455. The first-order chi connectivity index (χ1) is 26.7. The number of aliphatic hydroxyl groups excluding tert-OH is 4. The van der Waals surface area contributed by atoms with Crippen molar-refractivity contribution in [2.75, 3.05) is 26.4 Å². The van der Waals surface area contributed by atoms with E-state index < -0.39 is 23.7 Å². The van der Waals surface area contributed by atoms with Crippen molar-refractivity contribution in [1.29, 1.82) is 0 Å². The van der Waals surface area contributed by atoms with Crippen LogP contribution >= 0.6 is 0 Å². The first-order valence-electron chi connectivity index (χ1n) is 19.3. The van der Waals surface area contributed by atoms with Crippen LogP contribution in [-0.4, -0.2) is 87.7 Å². The minimum absolute atomic E-state index is 0.106. The largest absolute Gasteiger partial charge is 0.507 e. The lowest BCUT2D eigenvalue weighted by atomic mass is 9.75. The van der Waals surface area contributed by atoms with E-state index in [0.717, 1.165) is 0 Å². The van der Waals surface area contributed by atoms with Crippen molar-refractivity contribution in [3.05, 3.63) is 91.0 Å². The van der Waals surface area contributed by atoms with E-state index in [1.165, 1.54) is 27.7 Å². The van der Waals surface area contributed by atoms with Crippen molar-refractivity contribution >= 4 is 0 Å². The minimum Gasteiger partial charge on any atom is -0.507 e. The third-order valence-corrected chi connectivity index (χ3v) is 11.9. The molecular weight excluding hydrogens is 720 g/mol. The van der Waals surface area contributed by atoms with E-state index in [9.17, 15) is 61.3 Å². The van der Waals surface area contributed by atoms with E-state index in [0.29, 0.717) is 0 Å². The maximum absolute atomic E-state index is 11.8. The van der Waals surface area contributed by atoms with Gasteiger partial charge in [-0.2, -0.15) is 0 Å². The second-order valence-corrected chi connectivity index (χ2v) is 15.2. The van der Waals surface area contributed by atoms with Crippen molar-refractivity contribution in [3.63, 3.8) is 0 Å². The summed E-state index contributed by atoms with van der Waals surface area (Å²) in [5, 5.41) is 134. The van der Waals surface area contributed by atoms with Crippen LogP contribution in [0.2, 0.25) is 0 Å². The molecule has 0 aromatic heterocycles. The zero-order chi connectivity index (χ0) is 41.2. The van der Waals surface area contributed by atoms with Crippen LogP contribution in [0.15, 0.2) is 24.3 Å². The number of hydrogen-bond donors (Lipinski definition) is 12. The number of phenols is 8. The second kappa shape index (κ2) is 17.5. The molecule has 12 nitrogen and oxygen atoms in total. The Morgan fingerprint density at radius 3 is 0.571 bits per heavy atom. The standard InChI is InChI=1S/C44H56O12/c1-21-37(49)29-17-30(38(21)50)26(10-6-14-46)32-19-34(42(54)23(3)40(32)52)28(12-8-16-48)36-20-35(43(55)24(4)44(36)56)27(11-7-15-47)33-18-31(25(29)9-5-13-45)39(51)22(2)41(33)53/h17-20,25-28,45-56H,5-16H2,1-4H3. The van der Waals surface area contributed by atoms with Crippen LogP contribution in [0.25, 0.3) is 0 Å². The number of phenolic OH excluding ortho intramolecular Hbond substituents is 8. The number of rotatable bonds is 12. The van der Waals surface area contributed by atoms with Gasteiger partial charge in [0.2, 0.25) is 0 Å². The van der Waals surface area contributed by atoms with Crippen molar-refractivity contribution in [1.82, 2.24) is 0 Å². The third-order valence-electron chi connectivity index (χ3n) is 11.9. The Labute approximate surface area is 326 Å². The van der Waals surface area contributed by atoms with Gasteiger partial charge in [-0.05, 0) is 103 Å². The number of aromatic hydroxyl groups is 8. The van der Waals surface area contributed by atoms with Gasteiger partial charge < -0.3 is 61.3 Å².